The first-order chi connectivity index (χ1) is 8.74. The summed E-state index contributed by atoms with van der Waals surface area (Å²) in [6, 6.07) is 0.451. The predicted octanol–water partition coefficient (Wildman–Crippen LogP) is 2.04. The number of esters is 1. The van der Waals surface area contributed by atoms with Crippen LogP contribution in [0.25, 0.3) is 0 Å². The molecule has 1 aromatic heterocycles. The summed E-state index contributed by atoms with van der Waals surface area (Å²) >= 11 is 0. The minimum atomic E-state index is -0.194. The standard InChI is InChI=1S/C14H22N2O2/c1-3-7-15-13-6-4-5-11-8-16(9-12(11)13)10-14(17)18-2/h8-9,13,15H,3-7,10H2,1-2H3. The number of rotatable bonds is 5. The number of ether oxygens (including phenoxy) is 1. The van der Waals surface area contributed by atoms with Crippen molar-refractivity contribution in [2.45, 2.75) is 45.2 Å². The first-order valence-corrected chi connectivity index (χ1v) is 6.73. The lowest BCUT2D eigenvalue weighted by molar-refractivity contribution is -0.141. The van der Waals surface area contributed by atoms with E-state index in [0.717, 1.165) is 19.4 Å². The molecule has 1 N–H and O–H groups in total. The maximum atomic E-state index is 11.3. The van der Waals surface area contributed by atoms with Crippen LogP contribution in [0.2, 0.25) is 0 Å². The van der Waals surface area contributed by atoms with Gasteiger partial charge in [0.15, 0.2) is 0 Å². The lowest BCUT2D eigenvalue weighted by atomic mass is 9.91. The van der Waals surface area contributed by atoms with Gasteiger partial charge in [0.05, 0.1) is 7.11 Å². The van der Waals surface area contributed by atoms with E-state index in [1.54, 1.807) is 0 Å². The van der Waals surface area contributed by atoms with Crippen molar-refractivity contribution in [1.29, 1.82) is 0 Å². The molecule has 1 aliphatic rings. The smallest absolute Gasteiger partial charge is 0.325 e. The fourth-order valence-corrected chi connectivity index (χ4v) is 2.58. The number of nitrogens with zero attached hydrogens (tertiary/aromatic N) is 1. The van der Waals surface area contributed by atoms with Gasteiger partial charge in [-0.3, -0.25) is 4.79 Å². The van der Waals surface area contributed by atoms with Crippen LogP contribution in [0.1, 0.15) is 43.4 Å². The van der Waals surface area contributed by atoms with Gasteiger partial charge in [-0.2, -0.15) is 0 Å². The molecule has 1 heterocycles. The molecule has 0 bridgehead atoms. The van der Waals surface area contributed by atoms with Gasteiger partial charge >= 0.3 is 5.97 Å². The molecule has 0 aromatic carbocycles. The molecule has 18 heavy (non-hydrogen) atoms. The molecule has 0 radical (unpaired) electrons. The first-order valence-electron chi connectivity index (χ1n) is 6.73. The zero-order valence-electron chi connectivity index (χ0n) is 11.2. The molecule has 0 saturated heterocycles. The summed E-state index contributed by atoms with van der Waals surface area (Å²) < 4.78 is 6.65. The van der Waals surface area contributed by atoms with Crippen molar-refractivity contribution in [1.82, 2.24) is 9.88 Å². The van der Waals surface area contributed by atoms with Crippen LogP contribution >= 0.6 is 0 Å². The second-order valence-electron chi connectivity index (χ2n) is 4.89. The fraction of sp³-hybridized carbons (Fsp3) is 0.643. The summed E-state index contributed by atoms with van der Waals surface area (Å²) in [6.07, 6.45) is 8.86. The second kappa shape index (κ2) is 6.05. The van der Waals surface area contributed by atoms with Crippen LogP contribution in [-0.2, 0) is 22.5 Å². The number of aryl methyl sites for hydroxylation is 1. The zero-order chi connectivity index (χ0) is 13.0. The Hall–Kier alpha value is -1.29. The molecule has 0 amide bonds. The van der Waals surface area contributed by atoms with E-state index in [1.807, 2.05) is 4.57 Å². The molecule has 0 spiro atoms. The Morgan fingerprint density at radius 1 is 1.56 bits per heavy atom. The fourth-order valence-electron chi connectivity index (χ4n) is 2.58. The van der Waals surface area contributed by atoms with E-state index in [4.69, 9.17) is 4.74 Å². The summed E-state index contributed by atoms with van der Waals surface area (Å²) in [4.78, 5) is 11.3. The third kappa shape index (κ3) is 2.93. The van der Waals surface area contributed by atoms with Crippen molar-refractivity contribution >= 4 is 5.97 Å². The molecule has 1 atom stereocenters. The molecule has 1 aromatic rings. The maximum absolute atomic E-state index is 11.3. The van der Waals surface area contributed by atoms with Gasteiger partial charge in [-0.15, -0.1) is 0 Å². The molecule has 4 heteroatoms. The number of hydrogen-bond donors (Lipinski definition) is 1. The lowest BCUT2D eigenvalue weighted by Crippen LogP contribution is -2.25. The number of fused-ring (bicyclic) bond motifs is 1. The number of hydrogen-bond acceptors (Lipinski definition) is 3. The molecule has 0 saturated carbocycles. The molecule has 1 aliphatic carbocycles. The van der Waals surface area contributed by atoms with E-state index in [2.05, 4.69) is 24.6 Å². The van der Waals surface area contributed by atoms with E-state index < -0.39 is 0 Å². The number of nitrogens with one attached hydrogen (secondary N) is 1. The summed E-state index contributed by atoms with van der Waals surface area (Å²) in [6.45, 7) is 3.54. The first kappa shape index (κ1) is 13.1. The van der Waals surface area contributed by atoms with Gasteiger partial charge in [0.25, 0.3) is 0 Å². The van der Waals surface area contributed by atoms with Crippen LogP contribution in [0.5, 0.6) is 0 Å². The Labute approximate surface area is 108 Å². The average molecular weight is 250 g/mol. The third-order valence-corrected chi connectivity index (χ3v) is 3.49. The van der Waals surface area contributed by atoms with Crippen LogP contribution < -0.4 is 5.32 Å². The summed E-state index contributed by atoms with van der Waals surface area (Å²) in [5, 5.41) is 3.58. The van der Waals surface area contributed by atoms with E-state index in [-0.39, 0.29) is 5.97 Å². The molecule has 0 aliphatic heterocycles. The summed E-state index contributed by atoms with van der Waals surface area (Å²) in [7, 11) is 1.43. The van der Waals surface area contributed by atoms with Crippen LogP contribution in [0.3, 0.4) is 0 Å². The summed E-state index contributed by atoms with van der Waals surface area (Å²) in [5.41, 5.74) is 2.73. The van der Waals surface area contributed by atoms with Crippen molar-refractivity contribution in [3.8, 4) is 0 Å². The van der Waals surface area contributed by atoms with Gasteiger partial charge in [0.1, 0.15) is 6.54 Å². The van der Waals surface area contributed by atoms with Gasteiger partial charge in [0, 0.05) is 18.4 Å². The molecule has 1 unspecified atom stereocenters. The van der Waals surface area contributed by atoms with Gasteiger partial charge in [-0.1, -0.05) is 6.92 Å². The average Bonchev–Trinajstić information content (AvgIpc) is 2.78. The Kier molecular flexibility index (Phi) is 4.42. The molecular formula is C14H22N2O2. The van der Waals surface area contributed by atoms with Crippen LogP contribution in [0.4, 0.5) is 0 Å². The number of carbonyl (C=O) groups is 1. The molecule has 100 valence electrons. The summed E-state index contributed by atoms with van der Waals surface area (Å²) in [5.74, 6) is -0.194. The molecule has 2 rings (SSSR count). The molecule has 0 fully saturated rings. The molecular weight excluding hydrogens is 228 g/mol. The number of methoxy groups -OCH3 is 1. The van der Waals surface area contributed by atoms with Crippen molar-refractivity contribution in [3.63, 3.8) is 0 Å². The Bertz CT molecular complexity index is 412. The largest absolute Gasteiger partial charge is 0.468 e. The third-order valence-electron chi connectivity index (χ3n) is 3.49. The topological polar surface area (TPSA) is 43.3 Å². The van der Waals surface area contributed by atoms with Gasteiger partial charge in [-0.25, -0.2) is 0 Å². The van der Waals surface area contributed by atoms with Gasteiger partial charge in [-0.05, 0) is 43.4 Å². The number of carbonyl (C=O) groups excluding carboxylic acids is 1. The highest BCUT2D eigenvalue weighted by Gasteiger charge is 2.21. The van der Waals surface area contributed by atoms with Crippen molar-refractivity contribution in [2.24, 2.45) is 0 Å². The maximum Gasteiger partial charge on any atom is 0.325 e. The Morgan fingerprint density at radius 3 is 3.11 bits per heavy atom. The van der Waals surface area contributed by atoms with Gasteiger partial charge < -0.3 is 14.6 Å². The van der Waals surface area contributed by atoms with Crippen LogP contribution in [0.15, 0.2) is 12.4 Å². The quantitative estimate of drug-likeness (QED) is 0.813. The Morgan fingerprint density at radius 2 is 2.39 bits per heavy atom. The van der Waals surface area contributed by atoms with E-state index in [0.29, 0.717) is 12.6 Å². The van der Waals surface area contributed by atoms with E-state index in [9.17, 15) is 4.79 Å². The van der Waals surface area contributed by atoms with Crippen LogP contribution in [0, 0.1) is 0 Å². The highest BCUT2D eigenvalue weighted by molar-refractivity contribution is 5.69. The minimum absolute atomic E-state index is 0.194. The van der Waals surface area contributed by atoms with Gasteiger partial charge in [0.2, 0.25) is 0 Å². The monoisotopic (exact) mass is 250 g/mol. The van der Waals surface area contributed by atoms with Crippen molar-refractivity contribution < 1.29 is 9.53 Å². The Balaban J connectivity index is 2.10. The number of aromatic nitrogens is 1. The molecule has 4 nitrogen and oxygen atoms in total. The minimum Gasteiger partial charge on any atom is -0.468 e. The highest BCUT2D eigenvalue weighted by atomic mass is 16.5. The zero-order valence-corrected chi connectivity index (χ0v) is 11.2. The van der Waals surface area contributed by atoms with Crippen LogP contribution in [-0.4, -0.2) is 24.2 Å². The predicted molar refractivity (Wildman–Crippen MR) is 70.4 cm³/mol. The normalized spacial score (nSPS) is 18.4. The second-order valence-corrected chi connectivity index (χ2v) is 4.89. The van der Waals surface area contributed by atoms with Crippen molar-refractivity contribution in [2.75, 3.05) is 13.7 Å². The highest BCUT2D eigenvalue weighted by Crippen LogP contribution is 2.30. The van der Waals surface area contributed by atoms with E-state index >= 15 is 0 Å². The van der Waals surface area contributed by atoms with E-state index in [1.165, 1.54) is 31.1 Å². The SMILES string of the molecule is CCCNC1CCCc2cn(CC(=O)OC)cc21. The van der Waals surface area contributed by atoms with Crippen molar-refractivity contribution in [3.05, 3.63) is 23.5 Å². The lowest BCUT2D eigenvalue weighted by Gasteiger charge is -2.23.